The number of rotatable bonds is 1. The van der Waals surface area contributed by atoms with E-state index in [2.05, 4.69) is 6.58 Å². The van der Waals surface area contributed by atoms with Gasteiger partial charge in [-0.3, -0.25) is 4.79 Å². The van der Waals surface area contributed by atoms with Crippen molar-refractivity contribution in [3.8, 4) is 0 Å². The van der Waals surface area contributed by atoms with E-state index in [1.165, 1.54) is 0 Å². The molecule has 76 valence electrons. The van der Waals surface area contributed by atoms with Gasteiger partial charge in [0.05, 0.1) is 0 Å². The fraction of sp³-hybridized carbons (Fsp3) is 0.0909. The Kier molecular flexibility index (Phi) is 2.04. The molecule has 0 spiro atoms. The van der Waals surface area contributed by atoms with E-state index in [-0.39, 0.29) is 0 Å². The van der Waals surface area contributed by atoms with Crippen LogP contribution in [0.25, 0.3) is 11.1 Å². The smallest absolute Gasteiger partial charge is 0.407 e. The Morgan fingerprint density at radius 1 is 1.53 bits per heavy atom. The molecule has 0 saturated carbocycles. The van der Waals surface area contributed by atoms with Crippen molar-refractivity contribution in [3.05, 3.63) is 47.0 Å². The topological polar surface area (TPSA) is 52.2 Å². The van der Waals surface area contributed by atoms with E-state index in [0.29, 0.717) is 11.1 Å². The Bertz CT molecular complexity index is 604. The molecule has 1 aromatic carbocycles. The monoisotopic (exact) mass is 203 g/mol. The quantitative estimate of drug-likeness (QED) is 0.663. The molecule has 0 radical (unpaired) electrons. The predicted molar refractivity (Wildman–Crippen MR) is 56.0 cm³/mol. The van der Waals surface area contributed by atoms with Gasteiger partial charge in [-0.2, -0.15) is 0 Å². The molecule has 15 heavy (non-hydrogen) atoms. The number of hydrogen-bond acceptors (Lipinski definition) is 3. The fourth-order valence-electron chi connectivity index (χ4n) is 1.52. The summed E-state index contributed by atoms with van der Waals surface area (Å²) < 4.78 is 5.93. The van der Waals surface area contributed by atoms with Crippen LogP contribution in [0.1, 0.15) is 10.4 Å². The van der Waals surface area contributed by atoms with Gasteiger partial charge in [0.1, 0.15) is 5.52 Å². The van der Waals surface area contributed by atoms with Crippen molar-refractivity contribution in [1.82, 2.24) is 4.57 Å². The van der Waals surface area contributed by atoms with Crippen LogP contribution < -0.4 is 5.76 Å². The molecule has 1 heterocycles. The van der Waals surface area contributed by atoms with Crippen LogP contribution in [0.3, 0.4) is 0 Å². The van der Waals surface area contributed by atoms with Gasteiger partial charge in [0, 0.05) is 0 Å². The molecule has 0 saturated heterocycles. The fourth-order valence-corrected chi connectivity index (χ4v) is 1.52. The summed E-state index contributed by atoms with van der Waals surface area (Å²) in [6.45, 7) is 5.15. The zero-order chi connectivity index (χ0) is 11.0. The molecule has 2 aromatic rings. The van der Waals surface area contributed by atoms with Crippen molar-refractivity contribution in [1.29, 1.82) is 0 Å². The first-order valence-electron chi connectivity index (χ1n) is 4.43. The predicted octanol–water partition coefficient (Wildman–Crippen LogP) is 1.73. The average molecular weight is 203 g/mol. The van der Waals surface area contributed by atoms with Crippen molar-refractivity contribution >= 4 is 17.0 Å². The second-order valence-corrected chi connectivity index (χ2v) is 3.17. The molecule has 0 unspecified atom stereocenters. The van der Waals surface area contributed by atoms with Crippen LogP contribution in [0.15, 0.2) is 40.1 Å². The highest BCUT2D eigenvalue weighted by molar-refractivity contribution is 5.96. The second-order valence-electron chi connectivity index (χ2n) is 3.17. The van der Waals surface area contributed by atoms with Crippen LogP contribution in [0.4, 0.5) is 0 Å². The SMILES string of the molecule is C=CC(=O)n1c(=O)oc2cccc(C)c21. The molecule has 0 fully saturated rings. The van der Waals surface area contributed by atoms with Gasteiger partial charge in [0.2, 0.25) is 0 Å². The van der Waals surface area contributed by atoms with Crippen LogP contribution in [-0.2, 0) is 0 Å². The van der Waals surface area contributed by atoms with Crippen LogP contribution >= 0.6 is 0 Å². The summed E-state index contributed by atoms with van der Waals surface area (Å²) in [5.41, 5.74) is 1.73. The molecule has 0 aliphatic carbocycles. The van der Waals surface area contributed by atoms with Gasteiger partial charge in [-0.15, -0.1) is 0 Å². The number of aryl methyl sites for hydroxylation is 1. The number of oxazole rings is 1. The first kappa shape index (κ1) is 9.45. The van der Waals surface area contributed by atoms with Crippen molar-refractivity contribution in [2.24, 2.45) is 0 Å². The lowest BCUT2D eigenvalue weighted by Crippen LogP contribution is -2.20. The molecule has 0 bridgehead atoms. The lowest BCUT2D eigenvalue weighted by atomic mass is 10.2. The number of carbonyl (C=O) groups excluding carboxylic acids is 1. The van der Waals surface area contributed by atoms with Gasteiger partial charge in [0.15, 0.2) is 5.58 Å². The number of hydrogen-bond donors (Lipinski definition) is 0. The molecule has 4 heteroatoms. The summed E-state index contributed by atoms with van der Waals surface area (Å²) in [6, 6.07) is 5.23. The van der Waals surface area contributed by atoms with E-state index < -0.39 is 11.7 Å². The van der Waals surface area contributed by atoms with Gasteiger partial charge < -0.3 is 4.42 Å². The van der Waals surface area contributed by atoms with E-state index in [9.17, 15) is 9.59 Å². The van der Waals surface area contributed by atoms with Gasteiger partial charge in [-0.1, -0.05) is 18.7 Å². The Morgan fingerprint density at radius 3 is 2.93 bits per heavy atom. The number of para-hydroxylation sites is 1. The van der Waals surface area contributed by atoms with Gasteiger partial charge >= 0.3 is 5.76 Å². The van der Waals surface area contributed by atoms with E-state index in [1.54, 1.807) is 12.1 Å². The number of carbonyl (C=O) groups is 1. The first-order chi connectivity index (χ1) is 7.15. The summed E-state index contributed by atoms with van der Waals surface area (Å²) in [5.74, 6) is -1.16. The van der Waals surface area contributed by atoms with Crippen molar-refractivity contribution < 1.29 is 9.21 Å². The molecule has 0 atom stereocenters. The molecular weight excluding hydrogens is 194 g/mol. The molecule has 0 amide bonds. The molecular formula is C11H9NO3. The van der Waals surface area contributed by atoms with Crippen LogP contribution in [0.2, 0.25) is 0 Å². The molecule has 1 aromatic heterocycles. The standard InChI is InChI=1S/C11H9NO3/c1-3-9(13)12-10-7(2)5-4-6-8(10)15-11(12)14/h3-6H,1H2,2H3. The Morgan fingerprint density at radius 2 is 2.27 bits per heavy atom. The van der Waals surface area contributed by atoms with Crippen LogP contribution in [0.5, 0.6) is 0 Å². The normalized spacial score (nSPS) is 10.5. The maximum atomic E-state index is 11.4. The van der Waals surface area contributed by atoms with Crippen molar-refractivity contribution in [2.45, 2.75) is 6.92 Å². The van der Waals surface area contributed by atoms with E-state index in [1.807, 2.05) is 13.0 Å². The minimum absolute atomic E-state index is 0.412. The van der Waals surface area contributed by atoms with Crippen LogP contribution in [-0.4, -0.2) is 10.5 Å². The zero-order valence-corrected chi connectivity index (χ0v) is 8.19. The Labute approximate surface area is 85.4 Å². The number of fused-ring (bicyclic) bond motifs is 1. The summed E-state index contributed by atoms with van der Waals surface area (Å²) >= 11 is 0. The zero-order valence-electron chi connectivity index (χ0n) is 8.19. The van der Waals surface area contributed by atoms with Crippen LogP contribution in [0, 0.1) is 6.92 Å². The molecule has 4 nitrogen and oxygen atoms in total. The lowest BCUT2D eigenvalue weighted by Gasteiger charge is -1.98. The van der Waals surface area contributed by atoms with E-state index in [4.69, 9.17) is 4.42 Å². The minimum Gasteiger partial charge on any atom is -0.407 e. The maximum absolute atomic E-state index is 11.4. The highest BCUT2D eigenvalue weighted by Crippen LogP contribution is 2.16. The maximum Gasteiger partial charge on any atom is 0.427 e. The molecule has 0 aliphatic heterocycles. The Hall–Kier alpha value is -2.10. The summed E-state index contributed by atoms with van der Waals surface area (Å²) in [4.78, 5) is 22.9. The van der Waals surface area contributed by atoms with E-state index in [0.717, 1.165) is 16.2 Å². The summed E-state index contributed by atoms with van der Waals surface area (Å²) in [5, 5.41) is 0. The van der Waals surface area contributed by atoms with Gasteiger partial charge in [0.25, 0.3) is 5.91 Å². The number of nitrogens with zero attached hydrogens (tertiary/aromatic N) is 1. The highest BCUT2D eigenvalue weighted by atomic mass is 16.4. The first-order valence-corrected chi connectivity index (χ1v) is 4.43. The van der Waals surface area contributed by atoms with E-state index >= 15 is 0 Å². The van der Waals surface area contributed by atoms with Crippen molar-refractivity contribution in [3.63, 3.8) is 0 Å². The lowest BCUT2D eigenvalue weighted by molar-refractivity contribution is 0.0966. The summed E-state index contributed by atoms with van der Waals surface area (Å²) in [6.07, 6.45) is 1.09. The molecule has 0 aliphatic rings. The Balaban J connectivity index is 2.95. The number of aromatic nitrogens is 1. The largest absolute Gasteiger partial charge is 0.427 e. The molecule has 2 rings (SSSR count). The minimum atomic E-state index is -0.677. The molecule has 0 N–H and O–H groups in total. The van der Waals surface area contributed by atoms with Crippen molar-refractivity contribution in [2.75, 3.05) is 0 Å². The van der Waals surface area contributed by atoms with Gasteiger partial charge in [-0.25, -0.2) is 9.36 Å². The highest BCUT2D eigenvalue weighted by Gasteiger charge is 2.14. The number of allylic oxidation sites excluding steroid dienone is 1. The van der Waals surface area contributed by atoms with Gasteiger partial charge in [-0.05, 0) is 24.6 Å². The third-order valence-electron chi connectivity index (χ3n) is 2.20. The second kappa shape index (κ2) is 3.24. The average Bonchev–Trinajstić information content (AvgIpc) is 2.55. The number of benzene rings is 1. The third-order valence-corrected chi connectivity index (χ3v) is 2.20. The summed E-state index contributed by atoms with van der Waals surface area (Å²) in [7, 11) is 0. The third kappa shape index (κ3) is 1.30.